The summed E-state index contributed by atoms with van der Waals surface area (Å²) < 4.78 is 49.1. The van der Waals surface area contributed by atoms with Crippen LogP contribution in [0.15, 0.2) is 97.1 Å². The normalized spacial score (nSPS) is 11.3. The molecule has 0 atom stereocenters. The summed E-state index contributed by atoms with van der Waals surface area (Å²) in [5, 5.41) is 2.57. The number of rotatable bonds is 6. The summed E-state index contributed by atoms with van der Waals surface area (Å²) >= 11 is 0. The predicted octanol–water partition coefficient (Wildman–Crippen LogP) is 5.46. The van der Waals surface area contributed by atoms with E-state index in [-0.39, 0.29) is 17.5 Å². The van der Waals surface area contributed by atoms with Crippen molar-refractivity contribution in [2.45, 2.75) is 0 Å². The molecule has 6 heteroatoms. The number of hydrogen-bond donors (Lipinski definition) is 0. The molecular formula is C26H22F3NOP+. The van der Waals surface area contributed by atoms with E-state index in [0.717, 1.165) is 27.4 Å². The molecule has 0 saturated heterocycles. The minimum Gasteiger partial charge on any atom is -0.497 e. The van der Waals surface area contributed by atoms with Gasteiger partial charge in [0.2, 0.25) is 7.41 Å². The lowest BCUT2D eigenvalue weighted by Gasteiger charge is -2.35. The molecule has 0 fully saturated rings. The second-order valence-corrected chi connectivity index (χ2v) is 10.7. The van der Waals surface area contributed by atoms with Crippen molar-refractivity contribution in [1.29, 1.82) is 0 Å². The molecule has 0 spiro atoms. The quantitative estimate of drug-likeness (QED) is 0.361. The molecule has 2 nitrogen and oxygen atoms in total. The van der Waals surface area contributed by atoms with Crippen molar-refractivity contribution in [2.75, 3.05) is 18.8 Å². The Morgan fingerprint density at radius 3 is 1.22 bits per heavy atom. The van der Waals surface area contributed by atoms with E-state index in [0.29, 0.717) is 0 Å². The van der Waals surface area contributed by atoms with Crippen molar-refractivity contribution in [3.05, 3.63) is 115 Å². The highest BCUT2D eigenvalue weighted by atomic mass is 31.2. The van der Waals surface area contributed by atoms with Gasteiger partial charge >= 0.3 is 0 Å². The Morgan fingerprint density at radius 1 is 0.562 bits per heavy atom. The van der Waals surface area contributed by atoms with Crippen LogP contribution in [0, 0.1) is 17.5 Å². The summed E-state index contributed by atoms with van der Waals surface area (Å²) in [5.74, 6) is -0.331. The third kappa shape index (κ3) is 3.96. The minimum atomic E-state index is -2.66. The molecule has 4 aromatic carbocycles. The van der Waals surface area contributed by atoms with E-state index in [9.17, 15) is 13.2 Å². The molecule has 162 valence electrons. The highest BCUT2D eigenvalue weighted by Gasteiger charge is 2.50. The third-order valence-corrected chi connectivity index (χ3v) is 9.76. The van der Waals surface area contributed by atoms with Crippen molar-refractivity contribution >= 4 is 29.0 Å². The smallest absolute Gasteiger partial charge is 0.202 e. The molecule has 0 heterocycles. The van der Waals surface area contributed by atoms with Gasteiger partial charge in [0.05, 0.1) is 12.8 Å². The van der Waals surface area contributed by atoms with Crippen LogP contribution in [-0.2, 0) is 0 Å². The topological polar surface area (TPSA) is 12.5 Å². The van der Waals surface area contributed by atoms with Crippen LogP contribution < -0.4 is 25.3 Å². The van der Waals surface area contributed by atoms with Crippen LogP contribution in [0.2, 0.25) is 0 Å². The van der Waals surface area contributed by atoms with Crippen molar-refractivity contribution < 1.29 is 17.9 Å². The first kappa shape index (κ1) is 21.9. The van der Waals surface area contributed by atoms with Crippen molar-refractivity contribution in [3.63, 3.8) is 0 Å². The zero-order chi connectivity index (χ0) is 22.7. The Kier molecular flexibility index (Phi) is 6.20. The number of halogens is 3. The molecule has 32 heavy (non-hydrogen) atoms. The van der Waals surface area contributed by atoms with E-state index in [2.05, 4.69) is 4.67 Å². The summed E-state index contributed by atoms with van der Waals surface area (Å²) in [6, 6.07) is 26.6. The first-order valence-electron chi connectivity index (χ1n) is 10.0. The predicted molar refractivity (Wildman–Crippen MR) is 126 cm³/mol. The van der Waals surface area contributed by atoms with Gasteiger partial charge in [0.25, 0.3) is 0 Å². The Morgan fingerprint density at radius 2 is 0.906 bits per heavy atom. The van der Waals surface area contributed by atoms with Crippen LogP contribution >= 0.6 is 7.41 Å². The van der Waals surface area contributed by atoms with Crippen LogP contribution in [0.3, 0.4) is 0 Å². The second kappa shape index (κ2) is 9.05. The molecular weight excluding hydrogens is 430 g/mol. The molecule has 0 radical (unpaired) electrons. The van der Waals surface area contributed by atoms with E-state index in [1.165, 1.54) is 36.4 Å². The summed E-state index contributed by atoms with van der Waals surface area (Å²) in [4.78, 5) is 0. The van der Waals surface area contributed by atoms with Gasteiger partial charge in [0, 0.05) is 7.05 Å². The molecule has 0 bridgehead atoms. The third-order valence-electron chi connectivity index (χ3n) is 5.50. The van der Waals surface area contributed by atoms with E-state index in [1.807, 2.05) is 31.3 Å². The standard InChI is InChI=1S/C26H22F3NOP/c1-30(22-9-11-23(31-2)12-10-22)32(24-13-3-19(27)4-14-24,25-15-5-20(28)6-16-25)26-17-7-21(29)8-18-26/h3-18H,1-2H3/q+1. The number of anilines is 1. The summed E-state index contributed by atoms with van der Waals surface area (Å²) in [7, 11) is 0.896. The molecule has 0 aliphatic heterocycles. The molecule has 4 rings (SSSR count). The van der Waals surface area contributed by atoms with Gasteiger partial charge in [0.15, 0.2) is 0 Å². The zero-order valence-electron chi connectivity index (χ0n) is 17.7. The van der Waals surface area contributed by atoms with Crippen LogP contribution in [0.4, 0.5) is 18.9 Å². The maximum atomic E-state index is 13.9. The van der Waals surface area contributed by atoms with Gasteiger partial charge in [-0.15, -0.1) is 0 Å². The Balaban J connectivity index is 2.04. The first-order valence-corrected chi connectivity index (χ1v) is 11.7. The van der Waals surface area contributed by atoms with Gasteiger partial charge < -0.3 is 4.74 Å². The number of ether oxygens (including phenoxy) is 1. The van der Waals surface area contributed by atoms with E-state index < -0.39 is 7.41 Å². The molecule has 0 aromatic heterocycles. The average molecular weight is 452 g/mol. The fourth-order valence-corrected chi connectivity index (χ4v) is 8.06. The lowest BCUT2D eigenvalue weighted by Crippen LogP contribution is -2.42. The highest BCUT2D eigenvalue weighted by Crippen LogP contribution is 2.59. The number of nitrogens with zero attached hydrogens (tertiary/aromatic N) is 1. The van der Waals surface area contributed by atoms with Gasteiger partial charge in [-0.25, -0.2) is 17.8 Å². The van der Waals surface area contributed by atoms with E-state index in [4.69, 9.17) is 4.74 Å². The van der Waals surface area contributed by atoms with Gasteiger partial charge in [-0.1, -0.05) is 0 Å². The summed E-state index contributed by atoms with van der Waals surface area (Å²) in [5.41, 5.74) is 0.886. The van der Waals surface area contributed by atoms with Gasteiger partial charge in [-0.05, 0) is 97.1 Å². The minimum absolute atomic E-state index is 0.350. The van der Waals surface area contributed by atoms with Gasteiger partial charge in [0.1, 0.15) is 39.1 Å². The lowest BCUT2D eigenvalue weighted by atomic mass is 10.3. The van der Waals surface area contributed by atoms with Gasteiger partial charge in [-0.3, -0.25) is 0 Å². The summed E-state index contributed by atoms with van der Waals surface area (Å²) in [6.07, 6.45) is 0. The van der Waals surface area contributed by atoms with E-state index >= 15 is 0 Å². The monoisotopic (exact) mass is 452 g/mol. The largest absolute Gasteiger partial charge is 0.497 e. The SMILES string of the molecule is COc1ccc(N(C)[P+](c2ccc(F)cc2)(c2ccc(F)cc2)c2ccc(F)cc2)cc1. The number of benzene rings is 4. The van der Waals surface area contributed by atoms with Crippen LogP contribution in [0.5, 0.6) is 5.75 Å². The van der Waals surface area contributed by atoms with E-state index in [1.54, 1.807) is 43.5 Å². The Bertz CT molecular complexity index is 1070. The van der Waals surface area contributed by atoms with Crippen molar-refractivity contribution in [1.82, 2.24) is 0 Å². The lowest BCUT2D eigenvalue weighted by molar-refractivity contribution is 0.415. The zero-order valence-corrected chi connectivity index (χ0v) is 18.6. The molecule has 0 amide bonds. The van der Waals surface area contributed by atoms with Crippen LogP contribution in [-0.4, -0.2) is 14.2 Å². The van der Waals surface area contributed by atoms with Crippen LogP contribution in [0.25, 0.3) is 0 Å². The maximum absolute atomic E-state index is 13.9. The summed E-state index contributed by atoms with van der Waals surface area (Å²) in [6.45, 7) is 0. The van der Waals surface area contributed by atoms with Crippen LogP contribution in [0.1, 0.15) is 0 Å². The second-order valence-electron chi connectivity index (χ2n) is 7.29. The molecule has 0 aliphatic carbocycles. The molecule has 0 unspecified atom stereocenters. The molecule has 4 aromatic rings. The molecule has 0 saturated carbocycles. The fraction of sp³-hybridized carbons (Fsp3) is 0.0769. The average Bonchev–Trinajstić information content (AvgIpc) is 2.82. The van der Waals surface area contributed by atoms with Crippen molar-refractivity contribution in [3.8, 4) is 5.75 Å². The molecule has 0 N–H and O–H groups in total. The first-order chi connectivity index (χ1) is 15.4. The van der Waals surface area contributed by atoms with Crippen molar-refractivity contribution in [2.24, 2.45) is 0 Å². The fourth-order valence-electron chi connectivity index (χ4n) is 3.91. The molecule has 0 aliphatic rings. The maximum Gasteiger partial charge on any atom is 0.202 e. The van der Waals surface area contributed by atoms with Gasteiger partial charge in [-0.2, -0.15) is 0 Å². The Labute approximate surface area is 186 Å². The number of hydrogen-bond acceptors (Lipinski definition) is 2. The Hall–Kier alpha value is -3.30. The highest BCUT2D eigenvalue weighted by molar-refractivity contribution is 7.96. The number of methoxy groups -OCH3 is 1.